The molecule has 0 radical (unpaired) electrons. The number of hydrogen-bond donors (Lipinski definition) is 0. The van der Waals surface area contributed by atoms with Crippen LogP contribution >= 0.6 is 0 Å². The Labute approximate surface area is 154 Å². The molecule has 1 fully saturated rings. The van der Waals surface area contributed by atoms with Crippen molar-refractivity contribution in [1.29, 1.82) is 0 Å². The SMILES string of the molecule is CCCCCCCCCC(CC)N1CCCCCCCCCCC1. The van der Waals surface area contributed by atoms with Crippen LogP contribution in [0.3, 0.4) is 0 Å². The second-order valence-corrected chi connectivity index (χ2v) is 8.19. The van der Waals surface area contributed by atoms with Crippen molar-refractivity contribution >= 4 is 0 Å². The first-order valence-electron chi connectivity index (χ1n) is 11.6. The Morgan fingerprint density at radius 3 is 1.54 bits per heavy atom. The molecule has 0 N–H and O–H groups in total. The molecule has 1 nitrogen and oxygen atoms in total. The van der Waals surface area contributed by atoms with E-state index in [2.05, 4.69) is 18.7 Å². The van der Waals surface area contributed by atoms with Gasteiger partial charge in [0, 0.05) is 6.04 Å². The van der Waals surface area contributed by atoms with Gasteiger partial charge in [0.15, 0.2) is 0 Å². The van der Waals surface area contributed by atoms with E-state index in [9.17, 15) is 0 Å². The third-order valence-electron chi connectivity index (χ3n) is 6.02. The van der Waals surface area contributed by atoms with Crippen molar-refractivity contribution in [3.8, 4) is 0 Å². The Morgan fingerprint density at radius 1 is 0.583 bits per heavy atom. The molecule has 1 rings (SSSR count). The third kappa shape index (κ3) is 11.5. The molecule has 0 aliphatic carbocycles. The highest BCUT2D eigenvalue weighted by Crippen LogP contribution is 2.19. The van der Waals surface area contributed by atoms with E-state index in [1.54, 1.807) is 0 Å². The highest BCUT2D eigenvalue weighted by molar-refractivity contribution is 4.71. The number of unbranched alkanes of at least 4 members (excludes halogenated alkanes) is 6. The summed E-state index contributed by atoms with van der Waals surface area (Å²) in [6.07, 6.45) is 26.1. The zero-order valence-electron chi connectivity index (χ0n) is 17.2. The summed E-state index contributed by atoms with van der Waals surface area (Å²) in [4.78, 5) is 2.87. The quantitative estimate of drug-likeness (QED) is 0.368. The molecule has 0 spiro atoms. The minimum Gasteiger partial charge on any atom is -0.300 e. The third-order valence-corrected chi connectivity index (χ3v) is 6.02. The molecule has 1 aliphatic heterocycles. The van der Waals surface area contributed by atoms with Gasteiger partial charge in [-0.3, -0.25) is 0 Å². The van der Waals surface area contributed by atoms with Gasteiger partial charge < -0.3 is 4.90 Å². The summed E-state index contributed by atoms with van der Waals surface area (Å²) >= 11 is 0. The predicted molar refractivity (Wildman–Crippen MR) is 110 cm³/mol. The molecular formula is C23H47N. The van der Waals surface area contributed by atoms with Crippen molar-refractivity contribution in [2.24, 2.45) is 0 Å². The van der Waals surface area contributed by atoms with E-state index in [1.807, 2.05) is 0 Å². The first-order valence-corrected chi connectivity index (χ1v) is 11.6. The predicted octanol–water partition coefficient (Wildman–Crippen LogP) is 7.73. The monoisotopic (exact) mass is 337 g/mol. The lowest BCUT2D eigenvalue weighted by molar-refractivity contribution is 0.169. The minimum absolute atomic E-state index is 0.864. The molecule has 1 aliphatic rings. The molecule has 0 aromatic carbocycles. The number of rotatable bonds is 10. The van der Waals surface area contributed by atoms with Crippen molar-refractivity contribution in [1.82, 2.24) is 4.90 Å². The van der Waals surface area contributed by atoms with Gasteiger partial charge in [0.05, 0.1) is 0 Å². The van der Waals surface area contributed by atoms with Crippen molar-refractivity contribution in [2.45, 2.75) is 135 Å². The molecule has 0 saturated carbocycles. The van der Waals surface area contributed by atoms with Gasteiger partial charge in [0.2, 0.25) is 0 Å². The fourth-order valence-electron chi connectivity index (χ4n) is 4.33. The van der Waals surface area contributed by atoms with E-state index in [1.165, 1.54) is 129 Å². The lowest BCUT2D eigenvalue weighted by atomic mass is 10.0. The standard InChI is InChI=1S/C23H47N/c1-3-5-6-7-11-14-17-20-23(4-2)24-21-18-15-12-9-8-10-13-16-19-22-24/h23H,3-22H2,1-2H3. The Hall–Kier alpha value is -0.0400. The first-order chi connectivity index (χ1) is 11.9. The number of nitrogens with zero attached hydrogens (tertiary/aromatic N) is 1. The molecule has 1 heterocycles. The summed E-state index contributed by atoms with van der Waals surface area (Å²) in [5.41, 5.74) is 0. The van der Waals surface area contributed by atoms with Crippen LogP contribution in [0.15, 0.2) is 0 Å². The largest absolute Gasteiger partial charge is 0.300 e. The topological polar surface area (TPSA) is 3.24 Å². The average Bonchev–Trinajstić information content (AvgIpc) is 2.59. The Bertz CT molecular complexity index is 238. The molecule has 24 heavy (non-hydrogen) atoms. The maximum absolute atomic E-state index is 2.87. The van der Waals surface area contributed by atoms with Crippen LogP contribution in [0, 0.1) is 0 Å². The van der Waals surface area contributed by atoms with Crippen LogP contribution in [0.4, 0.5) is 0 Å². The second kappa shape index (κ2) is 16.4. The summed E-state index contributed by atoms with van der Waals surface area (Å²) in [5, 5.41) is 0. The van der Waals surface area contributed by atoms with Crippen LogP contribution in [0.25, 0.3) is 0 Å². The molecule has 1 heteroatoms. The summed E-state index contributed by atoms with van der Waals surface area (Å²) in [5.74, 6) is 0. The smallest absolute Gasteiger partial charge is 0.00926 e. The highest BCUT2D eigenvalue weighted by atomic mass is 15.1. The zero-order chi connectivity index (χ0) is 17.3. The van der Waals surface area contributed by atoms with Crippen LogP contribution in [0.2, 0.25) is 0 Å². The van der Waals surface area contributed by atoms with Crippen LogP contribution in [-0.4, -0.2) is 24.0 Å². The van der Waals surface area contributed by atoms with Gasteiger partial charge in [-0.2, -0.15) is 0 Å². The van der Waals surface area contributed by atoms with Crippen LogP contribution in [0.5, 0.6) is 0 Å². The van der Waals surface area contributed by atoms with Gasteiger partial charge in [0.25, 0.3) is 0 Å². The van der Waals surface area contributed by atoms with E-state index in [-0.39, 0.29) is 0 Å². The lowest BCUT2D eigenvalue weighted by Crippen LogP contribution is -2.36. The lowest BCUT2D eigenvalue weighted by Gasteiger charge is -2.31. The molecule has 1 unspecified atom stereocenters. The van der Waals surface area contributed by atoms with Crippen molar-refractivity contribution in [3.05, 3.63) is 0 Å². The molecule has 0 amide bonds. The second-order valence-electron chi connectivity index (χ2n) is 8.19. The minimum atomic E-state index is 0.864. The van der Waals surface area contributed by atoms with Gasteiger partial charge >= 0.3 is 0 Å². The van der Waals surface area contributed by atoms with Crippen LogP contribution in [0.1, 0.15) is 129 Å². The maximum Gasteiger partial charge on any atom is 0.00926 e. The maximum atomic E-state index is 2.87. The molecule has 0 bridgehead atoms. The molecule has 144 valence electrons. The fraction of sp³-hybridized carbons (Fsp3) is 1.00. The van der Waals surface area contributed by atoms with Gasteiger partial charge in [-0.1, -0.05) is 104 Å². The Kier molecular flexibility index (Phi) is 15.1. The van der Waals surface area contributed by atoms with Crippen molar-refractivity contribution in [2.75, 3.05) is 13.1 Å². The van der Waals surface area contributed by atoms with Crippen molar-refractivity contribution < 1.29 is 0 Å². The van der Waals surface area contributed by atoms with Crippen molar-refractivity contribution in [3.63, 3.8) is 0 Å². The van der Waals surface area contributed by atoms with Gasteiger partial charge in [0.1, 0.15) is 0 Å². The van der Waals surface area contributed by atoms with Gasteiger partial charge in [-0.15, -0.1) is 0 Å². The normalized spacial score (nSPS) is 20.2. The summed E-state index contributed by atoms with van der Waals surface area (Å²) < 4.78 is 0. The van der Waals surface area contributed by atoms with E-state index in [0.29, 0.717) is 0 Å². The van der Waals surface area contributed by atoms with Gasteiger partial charge in [-0.05, 0) is 38.8 Å². The first kappa shape index (κ1) is 22.0. The van der Waals surface area contributed by atoms with Gasteiger partial charge in [-0.25, -0.2) is 0 Å². The van der Waals surface area contributed by atoms with E-state index < -0.39 is 0 Å². The Balaban J connectivity index is 2.24. The van der Waals surface area contributed by atoms with E-state index in [4.69, 9.17) is 0 Å². The molecular weight excluding hydrogens is 290 g/mol. The molecule has 1 saturated heterocycles. The fourth-order valence-corrected chi connectivity index (χ4v) is 4.33. The summed E-state index contributed by atoms with van der Waals surface area (Å²) in [6, 6.07) is 0.864. The van der Waals surface area contributed by atoms with Crippen LogP contribution in [-0.2, 0) is 0 Å². The number of hydrogen-bond acceptors (Lipinski definition) is 1. The Morgan fingerprint density at radius 2 is 1.04 bits per heavy atom. The highest BCUT2D eigenvalue weighted by Gasteiger charge is 2.16. The molecule has 0 aromatic rings. The van der Waals surface area contributed by atoms with E-state index in [0.717, 1.165) is 6.04 Å². The van der Waals surface area contributed by atoms with Crippen LogP contribution < -0.4 is 0 Å². The van der Waals surface area contributed by atoms with E-state index >= 15 is 0 Å². The zero-order valence-corrected chi connectivity index (χ0v) is 17.2. The molecule has 1 atom stereocenters. The average molecular weight is 338 g/mol. The summed E-state index contributed by atoms with van der Waals surface area (Å²) in [7, 11) is 0. The molecule has 0 aromatic heterocycles. The summed E-state index contributed by atoms with van der Waals surface area (Å²) in [6.45, 7) is 7.47.